The van der Waals surface area contributed by atoms with E-state index in [1.807, 2.05) is 11.8 Å². The summed E-state index contributed by atoms with van der Waals surface area (Å²) in [6, 6.07) is 4.42. The van der Waals surface area contributed by atoms with Gasteiger partial charge in [-0.2, -0.15) is 0 Å². The summed E-state index contributed by atoms with van der Waals surface area (Å²) < 4.78 is 52.0. The number of aromatic nitrogens is 3. The molecule has 41 heavy (non-hydrogen) atoms. The molecule has 3 aromatic rings. The van der Waals surface area contributed by atoms with Crippen LogP contribution in [0.1, 0.15) is 48.6 Å². The summed E-state index contributed by atoms with van der Waals surface area (Å²) in [5.74, 6) is -2.22. The molecule has 214 valence electrons. The molecule has 3 aromatic heterocycles. The minimum Gasteiger partial charge on any atom is -0.374 e. The zero-order valence-corrected chi connectivity index (χ0v) is 23.6. The number of fused-ring (bicyclic) bond motifs is 2. The summed E-state index contributed by atoms with van der Waals surface area (Å²) in [5, 5.41) is -0.0906. The van der Waals surface area contributed by atoms with Crippen molar-refractivity contribution in [2.24, 2.45) is 4.99 Å². The van der Waals surface area contributed by atoms with Gasteiger partial charge in [-0.3, -0.25) is 19.3 Å². The number of rotatable bonds is 8. The molecule has 3 unspecified atom stereocenters. The highest BCUT2D eigenvalue weighted by molar-refractivity contribution is 6.31. The average Bonchev–Trinajstić information content (AvgIpc) is 3.58. The van der Waals surface area contributed by atoms with E-state index in [0.717, 1.165) is 23.4 Å². The van der Waals surface area contributed by atoms with Crippen LogP contribution in [-0.2, 0) is 11.2 Å². The molecular weight excluding hydrogens is 555 g/mol. The molecule has 2 aliphatic heterocycles. The van der Waals surface area contributed by atoms with Crippen LogP contribution in [0.25, 0.3) is 6.20 Å². The van der Waals surface area contributed by atoms with Crippen molar-refractivity contribution in [2.45, 2.75) is 51.7 Å². The van der Waals surface area contributed by atoms with Crippen molar-refractivity contribution in [3.05, 3.63) is 104 Å². The van der Waals surface area contributed by atoms with Gasteiger partial charge in [0.05, 0.1) is 31.1 Å². The number of halogens is 4. The molecule has 0 aliphatic carbocycles. The summed E-state index contributed by atoms with van der Waals surface area (Å²) in [5.41, 5.74) is 0.581. The van der Waals surface area contributed by atoms with Gasteiger partial charge in [0, 0.05) is 36.4 Å². The van der Waals surface area contributed by atoms with E-state index in [-0.39, 0.29) is 40.2 Å². The van der Waals surface area contributed by atoms with Gasteiger partial charge < -0.3 is 9.64 Å². The predicted molar refractivity (Wildman–Crippen MR) is 153 cm³/mol. The van der Waals surface area contributed by atoms with E-state index in [1.165, 1.54) is 24.5 Å². The van der Waals surface area contributed by atoms with Crippen molar-refractivity contribution in [3.63, 3.8) is 0 Å². The third-order valence-electron chi connectivity index (χ3n) is 7.36. The van der Waals surface area contributed by atoms with E-state index in [9.17, 15) is 9.18 Å². The Morgan fingerprint density at radius 1 is 1.32 bits per heavy atom. The quantitative estimate of drug-likeness (QED) is 0.305. The summed E-state index contributed by atoms with van der Waals surface area (Å²) in [4.78, 5) is 27.4. The fourth-order valence-corrected chi connectivity index (χ4v) is 5.69. The number of ether oxygens (including phenoxy) is 1. The lowest BCUT2D eigenvalue weighted by Crippen LogP contribution is -2.38. The molecule has 3 atom stereocenters. The summed E-state index contributed by atoms with van der Waals surface area (Å²) in [6.07, 6.45) is 9.18. The number of hydrogen-bond donors (Lipinski definition) is 0. The van der Waals surface area contributed by atoms with Gasteiger partial charge in [-0.05, 0) is 61.9 Å². The number of aliphatic imine (C=N–C) groups is 1. The first-order valence-electron chi connectivity index (χ1n) is 13.3. The Morgan fingerprint density at radius 2 is 2.12 bits per heavy atom. The minimum absolute atomic E-state index is 0.00928. The van der Waals surface area contributed by atoms with E-state index < -0.39 is 23.0 Å². The number of aryl methyl sites for hydroxylation is 1. The zero-order chi connectivity index (χ0) is 29.3. The van der Waals surface area contributed by atoms with Crippen LogP contribution < -0.4 is 10.5 Å². The third kappa shape index (κ3) is 5.85. The Kier molecular flexibility index (Phi) is 8.42. The van der Waals surface area contributed by atoms with Gasteiger partial charge in [0.1, 0.15) is 16.6 Å². The van der Waals surface area contributed by atoms with Crippen molar-refractivity contribution in [1.82, 2.24) is 14.5 Å². The molecule has 0 N–H and O–H groups in total. The standard InChI is InChI=1S/C30H29ClF3N5O2/c1-4-6-36-28(23-5-7-37-29(27(23)34)39-14-22-11-21(39)16-41-22)25(33)15-38-18(3)9-24(26(31)30(38)40)17(2)8-19-10-20(32)13-35-12-19/h4-7,9-10,12-13,15,17,21-22H,8,11,14,16H2,1-3H3/b6-4+,25-15-,36-28+. The van der Waals surface area contributed by atoms with Gasteiger partial charge in [0.15, 0.2) is 17.5 Å². The largest absolute Gasteiger partial charge is 0.374 e. The van der Waals surface area contributed by atoms with E-state index in [0.29, 0.717) is 36.4 Å². The number of allylic oxidation sites excluding steroid dienone is 2. The Hall–Kier alpha value is -3.76. The summed E-state index contributed by atoms with van der Waals surface area (Å²) >= 11 is 6.48. The van der Waals surface area contributed by atoms with Crippen LogP contribution >= 0.6 is 11.6 Å². The zero-order valence-electron chi connectivity index (χ0n) is 22.8. The smallest absolute Gasteiger partial charge is 0.273 e. The van der Waals surface area contributed by atoms with Gasteiger partial charge in [-0.1, -0.05) is 24.6 Å². The van der Waals surface area contributed by atoms with Crippen LogP contribution in [0.15, 0.2) is 64.7 Å². The van der Waals surface area contributed by atoms with Crippen molar-refractivity contribution in [2.75, 3.05) is 18.1 Å². The average molecular weight is 584 g/mol. The Morgan fingerprint density at radius 3 is 2.80 bits per heavy atom. The van der Waals surface area contributed by atoms with Crippen LogP contribution in [0.3, 0.4) is 0 Å². The molecule has 0 spiro atoms. The molecule has 2 fully saturated rings. The van der Waals surface area contributed by atoms with E-state index >= 15 is 8.78 Å². The molecule has 0 radical (unpaired) electrons. The lowest BCUT2D eigenvalue weighted by Gasteiger charge is -2.28. The van der Waals surface area contributed by atoms with Gasteiger partial charge in [-0.25, -0.2) is 18.2 Å². The first-order chi connectivity index (χ1) is 19.7. The Bertz CT molecular complexity index is 1620. The predicted octanol–water partition coefficient (Wildman–Crippen LogP) is 5.99. The topological polar surface area (TPSA) is 72.6 Å². The summed E-state index contributed by atoms with van der Waals surface area (Å²) in [7, 11) is 0. The lowest BCUT2D eigenvalue weighted by molar-refractivity contribution is 0.0986. The third-order valence-corrected chi connectivity index (χ3v) is 7.74. The molecule has 5 heterocycles. The SMILES string of the molecule is C/C=C/N=C(/C(F)=C/n1c(C)cc(C(C)Cc2cncc(F)c2)c(Cl)c1=O)c1ccnc(N2CC3CC2CO3)c1F. The normalized spacial score (nSPS) is 19.9. The molecule has 11 heteroatoms. The second kappa shape index (κ2) is 12.0. The van der Waals surface area contributed by atoms with Crippen LogP contribution in [0.4, 0.5) is 19.0 Å². The maximum Gasteiger partial charge on any atom is 0.273 e. The van der Waals surface area contributed by atoms with E-state index in [4.69, 9.17) is 16.3 Å². The maximum absolute atomic E-state index is 15.9. The van der Waals surface area contributed by atoms with Crippen LogP contribution in [0, 0.1) is 18.6 Å². The lowest BCUT2D eigenvalue weighted by atomic mass is 9.94. The number of nitrogens with zero attached hydrogens (tertiary/aromatic N) is 5. The number of morpholine rings is 1. The molecule has 2 aliphatic rings. The van der Waals surface area contributed by atoms with E-state index in [1.54, 1.807) is 32.2 Å². The highest BCUT2D eigenvalue weighted by atomic mass is 35.5. The number of hydrogen-bond acceptors (Lipinski definition) is 6. The van der Waals surface area contributed by atoms with Crippen molar-refractivity contribution < 1.29 is 17.9 Å². The number of pyridine rings is 3. The van der Waals surface area contributed by atoms with E-state index in [2.05, 4.69) is 15.0 Å². The van der Waals surface area contributed by atoms with Gasteiger partial charge in [0.25, 0.3) is 5.56 Å². The van der Waals surface area contributed by atoms with Crippen LogP contribution in [0.2, 0.25) is 5.02 Å². The molecule has 0 amide bonds. The maximum atomic E-state index is 15.9. The van der Waals surface area contributed by atoms with Crippen LogP contribution in [0.5, 0.6) is 0 Å². The number of anilines is 1. The van der Waals surface area contributed by atoms with Gasteiger partial charge >= 0.3 is 0 Å². The Balaban J connectivity index is 1.49. The summed E-state index contributed by atoms with van der Waals surface area (Å²) in [6.45, 7) is 6.19. The fraction of sp³-hybridized carbons (Fsp3) is 0.333. The monoisotopic (exact) mass is 583 g/mol. The highest BCUT2D eigenvalue weighted by Crippen LogP contribution is 2.34. The second-order valence-corrected chi connectivity index (χ2v) is 10.7. The molecule has 0 aromatic carbocycles. The first-order valence-corrected chi connectivity index (χ1v) is 13.7. The van der Waals surface area contributed by atoms with Gasteiger partial charge in [0.2, 0.25) is 0 Å². The van der Waals surface area contributed by atoms with Crippen molar-refractivity contribution >= 4 is 29.3 Å². The minimum atomic E-state index is -0.932. The fourth-order valence-electron chi connectivity index (χ4n) is 5.36. The first kappa shape index (κ1) is 28.8. The van der Waals surface area contributed by atoms with Gasteiger partial charge in [-0.15, -0.1) is 0 Å². The molecule has 7 nitrogen and oxygen atoms in total. The van der Waals surface area contributed by atoms with Crippen molar-refractivity contribution in [3.8, 4) is 0 Å². The van der Waals surface area contributed by atoms with Crippen LogP contribution in [-0.4, -0.2) is 45.5 Å². The molecule has 5 rings (SSSR count). The molecule has 2 saturated heterocycles. The highest BCUT2D eigenvalue weighted by Gasteiger charge is 2.41. The molecule has 2 bridgehead atoms. The Labute approximate surface area is 240 Å². The second-order valence-electron chi connectivity index (χ2n) is 10.3. The van der Waals surface area contributed by atoms with Crippen molar-refractivity contribution in [1.29, 1.82) is 0 Å². The molecule has 0 saturated carbocycles. The molecular formula is C30H29ClF3N5O2.